The number of amides is 1. The molecule has 4 aliphatic rings. The third kappa shape index (κ3) is 3.44. The van der Waals surface area contributed by atoms with Gasteiger partial charge in [0.25, 0.3) is 0 Å². The molecule has 4 atom stereocenters. The second-order valence-corrected chi connectivity index (χ2v) is 10.5. The van der Waals surface area contributed by atoms with Crippen LogP contribution in [0, 0.1) is 18.8 Å². The van der Waals surface area contributed by atoms with Crippen LogP contribution in [0.4, 0.5) is 0 Å². The molecule has 0 saturated carbocycles. The smallest absolute Gasteiger partial charge is 0.250 e. The molecule has 5 heterocycles. The number of benzene rings is 1. The number of piperidine rings is 4. The summed E-state index contributed by atoms with van der Waals surface area (Å²) in [5, 5.41) is 0. The molecular weight excluding hydrogens is 394 g/mol. The summed E-state index contributed by atoms with van der Waals surface area (Å²) < 4.78 is 2.28. The Morgan fingerprint density at radius 1 is 1.03 bits per heavy atom. The Kier molecular flexibility index (Phi) is 5.21. The molecule has 32 heavy (non-hydrogen) atoms. The number of carbonyl (C=O) groups is 1. The molecule has 4 heteroatoms. The zero-order valence-electron chi connectivity index (χ0n) is 19.2. The Hall–Kier alpha value is -2.33. The lowest BCUT2D eigenvalue weighted by atomic mass is 9.67. The topological polar surface area (TPSA) is 28.5 Å². The highest BCUT2D eigenvalue weighted by molar-refractivity contribution is 5.98. The van der Waals surface area contributed by atoms with Crippen LogP contribution in [0.1, 0.15) is 55.3 Å². The quantitative estimate of drug-likeness (QED) is 0.661. The van der Waals surface area contributed by atoms with Gasteiger partial charge in [0.2, 0.25) is 5.91 Å². The van der Waals surface area contributed by atoms with Gasteiger partial charge in [-0.05, 0) is 99.7 Å². The summed E-state index contributed by atoms with van der Waals surface area (Å²) in [6, 6.07) is 14.0. The van der Waals surface area contributed by atoms with Crippen LogP contribution >= 0.6 is 0 Å². The van der Waals surface area contributed by atoms with Gasteiger partial charge < -0.3 is 9.47 Å². The largest absolute Gasteiger partial charge is 0.344 e. The van der Waals surface area contributed by atoms with Crippen molar-refractivity contribution in [2.45, 2.75) is 64.1 Å². The minimum atomic E-state index is 0.311. The molecule has 168 valence electrons. The highest BCUT2D eigenvalue weighted by atomic mass is 16.2. The van der Waals surface area contributed by atoms with Gasteiger partial charge in [-0.3, -0.25) is 9.69 Å². The van der Waals surface area contributed by atoms with Gasteiger partial charge in [-0.15, -0.1) is 0 Å². The van der Waals surface area contributed by atoms with Gasteiger partial charge in [0.05, 0.1) is 0 Å². The van der Waals surface area contributed by atoms with Crippen LogP contribution in [0.3, 0.4) is 0 Å². The molecule has 1 aromatic carbocycles. The van der Waals surface area contributed by atoms with E-state index in [2.05, 4.69) is 70.0 Å². The van der Waals surface area contributed by atoms with Gasteiger partial charge in [0, 0.05) is 42.6 Å². The highest BCUT2D eigenvalue weighted by Crippen LogP contribution is 2.45. The Balaban J connectivity index is 1.25. The number of aryl methyl sites for hydroxylation is 1. The number of hydrogen-bond donors (Lipinski definition) is 0. The lowest BCUT2D eigenvalue weighted by molar-refractivity contribution is -0.145. The highest BCUT2D eigenvalue weighted by Gasteiger charge is 2.51. The van der Waals surface area contributed by atoms with Gasteiger partial charge in [-0.1, -0.05) is 24.3 Å². The molecule has 0 aliphatic carbocycles. The zero-order chi connectivity index (χ0) is 21.7. The van der Waals surface area contributed by atoms with E-state index < -0.39 is 0 Å². The maximum atomic E-state index is 13.7. The van der Waals surface area contributed by atoms with Crippen molar-refractivity contribution in [3.8, 4) is 0 Å². The second-order valence-electron chi connectivity index (χ2n) is 10.5. The summed E-state index contributed by atoms with van der Waals surface area (Å²) in [5.41, 5.74) is 4.80. The summed E-state index contributed by atoms with van der Waals surface area (Å²) in [5.74, 6) is 1.68. The van der Waals surface area contributed by atoms with Crippen molar-refractivity contribution in [3.63, 3.8) is 0 Å². The van der Waals surface area contributed by atoms with Crippen molar-refractivity contribution in [2.75, 3.05) is 19.6 Å². The Bertz CT molecular complexity index is 1030. The molecule has 1 amide bonds. The first-order chi connectivity index (χ1) is 15.7. The summed E-state index contributed by atoms with van der Waals surface area (Å²) in [6.45, 7) is 6.55. The molecule has 0 spiro atoms. The monoisotopic (exact) mass is 429 g/mol. The van der Waals surface area contributed by atoms with Crippen LogP contribution in [-0.2, 0) is 11.3 Å². The molecule has 0 unspecified atom stereocenters. The summed E-state index contributed by atoms with van der Waals surface area (Å²) >= 11 is 0. The number of nitrogens with zero attached hydrogens (tertiary/aromatic N) is 3. The van der Waals surface area contributed by atoms with Gasteiger partial charge in [0.15, 0.2) is 0 Å². The van der Waals surface area contributed by atoms with E-state index in [4.69, 9.17) is 0 Å². The maximum Gasteiger partial charge on any atom is 0.250 e. The molecular formula is C28H35N3O. The molecule has 2 aromatic rings. The average molecular weight is 430 g/mol. The summed E-state index contributed by atoms with van der Waals surface area (Å²) in [7, 11) is 0. The predicted octanol–water partition coefficient (Wildman–Crippen LogP) is 4.72. The van der Waals surface area contributed by atoms with Crippen LogP contribution in [0.25, 0.3) is 6.08 Å². The van der Waals surface area contributed by atoms with Crippen LogP contribution in [0.5, 0.6) is 0 Å². The van der Waals surface area contributed by atoms with E-state index in [1.807, 2.05) is 0 Å². The summed E-state index contributed by atoms with van der Waals surface area (Å²) in [6.07, 6.45) is 11.6. The lowest BCUT2D eigenvalue weighted by Crippen LogP contribution is -2.66. The molecule has 6 rings (SSSR count). The predicted molar refractivity (Wildman–Crippen MR) is 128 cm³/mol. The maximum absolute atomic E-state index is 13.7. The third-order valence-corrected chi connectivity index (χ3v) is 8.71. The summed E-state index contributed by atoms with van der Waals surface area (Å²) in [4.78, 5) is 18.7. The molecule has 1 aromatic heterocycles. The molecule has 4 aliphatic heterocycles. The van der Waals surface area contributed by atoms with E-state index in [1.165, 1.54) is 49.9 Å². The van der Waals surface area contributed by atoms with Gasteiger partial charge in [-0.2, -0.15) is 0 Å². The van der Waals surface area contributed by atoms with E-state index in [1.54, 1.807) is 0 Å². The number of fused-ring (bicyclic) bond motifs is 2. The SMILES string of the molecule is Cc1ccccc1Cn1cccc1/C=C1\CC[C@@H]2[C@H]3CCCN4CCC[C@H](CN2C1=O)[C@@H]34. The fourth-order valence-electron chi connectivity index (χ4n) is 7.18. The van der Waals surface area contributed by atoms with E-state index >= 15 is 0 Å². The third-order valence-electron chi connectivity index (χ3n) is 8.71. The van der Waals surface area contributed by atoms with Gasteiger partial charge >= 0.3 is 0 Å². The van der Waals surface area contributed by atoms with Crippen LogP contribution in [0.2, 0.25) is 0 Å². The van der Waals surface area contributed by atoms with Crippen molar-refractivity contribution in [2.24, 2.45) is 11.8 Å². The van der Waals surface area contributed by atoms with Crippen LogP contribution in [0.15, 0.2) is 48.2 Å². The minimum Gasteiger partial charge on any atom is -0.344 e. The fraction of sp³-hybridized carbons (Fsp3) is 0.536. The lowest BCUT2D eigenvalue weighted by Gasteiger charge is -2.58. The van der Waals surface area contributed by atoms with E-state index in [0.717, 1.165) is 43.2 Å². The van der Waals surface area contributed by atoms with E-state index in [-0.39, 0.29) is 0 Å². The van der Waals surface area contributed by atoms with Gasteiger partial charge in [0.1, 0.15) is 0 Å². The minimum absolute atomic E-state index is 0.311. The molecule has 0 bridgehead atoms. The first kappa shape index (κ1) is 20.3. The van der Waals surface area contributed by atoms with Crippen molar-refractivity contribution in [1.82, 2.24) is 14.4 Å². The number of aromatic nitrogens is 1. The van der Waals surface area contributed by atoms with Crippen molar-refractivity contribution in [1.29, 1.82) is 0 Å². The normalized spacial score (nSPS) is 31.5. The Morgan fingerprint density at radius 3 is 2.75 bits per heavy atom. The van der Waals surface area contributed by atoms with Crippen molar-refractivity contribution >= 4 is 12.0 Å². The van der Waals surface area contributed by atoms with Crippen LogP contribution in [-0.4, -0.2) is 52.0 Å². The Labute approximate surface area is 191 Å². The zero-order valence-corrected chi connectivity index (χ0v) is 19.2. The number of rotatable bonds is 3. The molecule has 0 radical (unpaired) electrons. The molecule has 4 saturated heterocycles. The van der Waals surface area contributed by atoms with Crippen molar-refractivity contribution < 1.29 is 4.79 Å². The van der Waals surface area contributed by atoms with E-state index in [9.17, 15) is 4.79 Å². The molecule has 0 N–H and O–H groups in total. The average Bonchev–Trinajstić information content (AvgIpc) is 3.24. The first-order valence-electron chi connectivity index (χ1n) is 12.6. The molecule has 4 nitrogen and oxygen atoms in total. The number of carbonyl (C=O) groups excluding carboxylic acids is 1. The molecule has 4 fully saturated rings. The fourth-order valence-corrected chi connectivity index (χ4v) is 7.18. The number of hydrogen-bond acceptors (Lipinski definition) is 2. The Morgan fingerprint density at radius 2 is 1.88 bits per heavy atom. The first-order valence-corrected chi connectivity index (χ1v) is 12.6. The van der Waals surface area contributed by atoms with E-state index in [0.29, 0.717) is 23.8 Å². The van der Waals surface area contributed by atoms with Gasteiger partial charge in [-0.25, -0.2) is 0 Å². The van der Waals surface area contributed by atoms with Crippen LogP contribution < -0.4 is 0 Å². The van der Waals surface area contributed by atoms with Crippen molar-refractivity contribution in [3.05, 3.63) is 65.0 Å². The standard InChI is InChI=1S/C28H35N3O/c1-20-7-2-3-8-22(20)18-30-16-5-10-24(30)17-21-12-13-26-25-11-6-15-29-14-4-9-23(27(25)29)19-31(26)28(21)32/h2-3,5,7-8,10,16-17,23,25-27H,4,6,9,11-15,18-19H2,1H3/b21-17+/t23-,25-,26-,27+/m1/s1. The second kappa shape index (κ2) is 8.22.